The van der Waals surface area contributed by atoms with Gasteiger partial charge in [0.15, 0.2) is 0 Å². The largest absolute Gasteiger partial charge is 0.457 e. The molecule has 0 saturated carbocycles. The highest BCUT2D eigenvalue weighted by Gasteiger charge is 2.13. The minimum absolute atomic E-state index is 0.182. The van der Waals surface area contributed by atoms with Gasteiger partial charge in [-0.1, -0.05) is 229 Å². The van der Waals surface area contributed by atoms with Crippen LogP contribution in [0.25, 0.3) is 0 Å². The van der Waals surface area contributed by atoms with Gasteiger partial charge >= 0.3 is 5.97 Å². The minimum atomic E-state index is -0.549. The van der Waals surface area contributed by atoms with Crippen molar-refractivity contribution < 1.29 is 19.4 Å². The van der Waals surface area contributed by atoms with Crippen LogP contribution in [-0.2, 0) is 14.3 Å². The molecule has 0 aromatic rings. The van der Waals surface area contributed by atoms with Crippen LogP contribution in [0, 0.1) is 0 Å². The van der Waals surface area contributed by atoms with E-state index in [1.54, 1.807) is 0 Å². The van der Waals surface area contributed by atoms with E-state index in [1.165, 1.54) is 148 Å². The maximum absolute atomic E-state index is 12.2. The lowest BCUT2D eigenvalue weighted by atomic mass is 10.0. The van der Waals surface area contributed by atoms with Crippen LogP contribution in [0.5, 0.6) is 0 Å². The highest BCUT2D eigenvalue weighted by Crippen LogP contribution is 2.16. The van der Waals surface area contributed by atoms with E-state index in [0.717, 1.165) is 64.2 Å². The van der Waals surface area contributed by atoms with Crippen molar-refractivity contribution in [2.45, 2.75) is 238 Å². The number of esters is 1. The van der Waals surface area contributed by atoms with E-state index in [-0.39, 0.29) is 19.2 Å². The first-order chi connectivity index (χ1) is 27.2. The fourth-order valence-electron chi connectivity index (χ4n) is 6.83. The molecule has 0 amide bonds. The second kappa shape index (κ2) is 48.2. The summed E-state index contributed by atoms with van der Waals surface area (Å²) in [6.07, 6.45) is 64.5. The molecule has 4 heteroatoms. The van der Waals surface area contributed by atoms with Crippen LogP contribution in [0.3, 0.4) is 0 Å². The lowest BCUT2D eigenvalue weighted by Gasteiger charge is -2.15. The van der Waals surface area contributed by atoms with E-state index in [9.17, 15) is 9.90 Å². The number of hydrogen-bond acceptors (Lipinski definition) is 4. The van der Waals surface area contributed by atoms with Crippen molar-refractivity contribution >= 4 is 5.97 Å². The summed E-state index contributed by atoms with van der Waals surface area (Å²) in [5.74, 6) is -0.207. The number of unbranched alkanes of at least 4 members (excludes halogenated alkanes) is 26. The Balaban J connectivity index is 3.44. The average molecular weight is 769 g/mol. The van der Waals surface area contributed by atoms with Crippen molar-refractivity contribution in [3.05, 3.63) is 60.8 Å². The number of allylic oxidation sites excluding steroid dienone is 10. The van der Waals surface area contributed by atoms with Gasteiger partial charge in [0.1, 0.15) is 6.10 Å². The highest BCUT2D eigenvalue weighted by atomic mass is 16.6. The molecule has 55 heavy (non-hydrogen) atoms. The molecule has 0 rings (SSSR count). The minimum Gasteiger partial charge on any atom is -0.457 e. The van der Waals surface area contributed by atoms with E-state index in [0.29, 0.717) is 13.0 Å². The topological polar surface area (TPSA) is 55.8 Å². The molecule has 0 aliphatic heterocycles. The lowest BCUT2D eigenvalue weighted by Crippen LogP contribution is -2.27. The van der Waals surface area contributed by atoms with E-state index < -0.39 is 6.10 Å². The highest BCUT2D eigenvalue weighted by molar-refractivity contribution is 5.69. The molecule has 320 valence electrons. The first kappa shape index (κ1) is 53.1. The van der Waals surface area contributed by atoms with Crippen LogP contribution >= 0.6 is 0 Å². The van der Waals surface area contributed by atoms with Crippen LogP contribution in [0.1, 0.15) is 232 Å². The summed E-state index contributed by atoms with van der Waals surface area (Å²) in [7, 11) is 0. The summed E-state index contributed by atoms with van der Waals surface area (Å²) in [6, 6.07) is 0. The van der Waals surface area contributed by atoms with Crippen molar-refractivity contribution in [3.8, 4) is 0 Å². The Kier molecular flexibility index (Phi) is 46.6. The number of rotatable bonds is 44. The van der Waals surface area contributed by atoms with E-state index >= 15 is 0 Å². The molecule has 0 aromatic carbocycles. The maximum atomic E-state index is 12.2. The Morgan fingerprint density at radius 2 is 0.818 bits per heavy atom. The summed E-state index contributed by atoms with van der Waals surface area (Å²) < 4.78 is 11.2. The second-order valence-electron chi connectivity index (χ2n) is 15.8. The Bertz CT molecular complexity index is 900. The average Bonchev–Trinajstić information content (AvgIpc) is 3.19. The summed E-state index contributed by atoms with van der Waals surface area (Å²) >= 11 is 0. The van der Waals surface area contributed by atoms with E-state index in [4.69, 9.17) is 9.47 Å². The molecule has 4 nitrogen and oxygen atoms in total. The van der Waals surface area contributed by atoms with Crippen LogP contribution in [-0.4, -0.2) is 37.0 Å². The standard InChI is InChI=1S/C51H92O4/c1-3-5-7-9-11-13-15-17-19-21-23-25-26-27-28-30-32-34-36-38-40-42-44-46-51(53)55-50(48-52)49-54-47-45-43-41-39-37-35-33-31-29-24-22-20-18-16-14-12-10-8-6-4-2/h6,8,12,14,18,20,24,29,33,35,50,52H,3-5,7,9-11,13,15-17,19,21-23,25-28,30-32,34,36-49H2,1-2H3/b8-6-,14-12-,20-18-,29-24-,35-33-. The van der Waals surface area contributed by atoms with Crippen molar-refractivity contribution in [1.29, 1.82) is 0 Å². The van der Waals surface area contributed by atoms with Gasteiger partial charge in [0.05, 0.1) is 13.2 Å². The summed E-state index contributed by atoms with van der Waals surface area (Å²) in [5.41, 5.74) is 0. The Labute approximate surface area is 343 Å². The van der Waals surface area contributed by atoms with Crippen LogP contribution in [0.15, 0.2) is 60.8 Å². The summed E-state index contributed by atoms with van der Waals surface area (Å²) in [5, 5.41) is 9.63. The van der Waals surface area contributed by atoms with Gasteiger partial charge < -0.3 is 14.6 Å². The molecule has 1 unspecified atom stereocenters. The van der Waals surface area contributed by atoms with E-state index in [2.05, 4.69) is 74.6 Å². The number of hydrogen-bond donors (Lipinski definition) is 1. The number of aliphatic hydroxyl groups excluding tert-OH is 1. The zero-order valence-corrected chi connectivity index (χ0v) is 36.7. The SMILES string of the molecule is CC/C=C\C/C=C\C/C=C\C/C=C\C/C=C\CCCCCCOCC(CO)OC(=O)CCCCCCCCCCCCCCCCCCCCCCCCC. The third kappa shape index (κ3) is 46.4. The Hall–Kier alpha value is -1.91. The van der Waals surface area contributed by atoms with Crippen LogP contribution in [0.4, 0.5) is 0 Å². The molecule has 0 aliphatic rings. The van der Waals surface area contributed by atoms with Gasteiger partial charge in [0.2, 0.25) is 0 Å². The number of aliphatic hydroxyl groups is 1. The molecule has 0 spiro atoms. The van der Waals surface area contributed by atoms with Gasteiger partial charge in [-0.15, -0.1) is 0 Å². The molecule has 0 heterocycles. The monoisotopic (exact) mass is 769 g/mol. The molecule has 1 atom stereocenters. The van der Waals surface area contributed by atoms with Crippen molar-refractivity contribution in [3.63, 3.8) is 0 Å². The fourth-order valence-corrected chi connectivity index (χ4v) is 6.83. The third-order valence-electron chi connectivity index (χ3n) is 10.4. The molecule has 0 aromatic heterocycles. The molecular formula is C51H92O4. The van der Waals surface area contributed by atoms with Gasteiger partial charge in [-0.2, -0.15) is 0 Å². The Morgan fingerprint density at radius 1 is 0.455 bits per heavy atom. The van der Waals surface area contributed by atoms with Gasteiger partial charge in [-0.25, -0.2) is 0 Å². The normalized spacial score (nSPS) is 12.9. The smallest absolute Gasteiger partial charge is 0.306 e. The molecular weight excluding hydrogens is 677 g/mol. The van der Waals surface area contributed by atoms with Gasteiger partial charge in [-0.05, 0) is 57.8 Å². The summed E-state index contributed by atoms with van der Waals surface area (Å²) in [4.78, 5) is 12.2. The number of carbonyl (C=O) groups excluding carboxylic acids is 1. The predicted molar refractivity (Wildman–Crippen MR) is 242 cm³/mol. The zero-order chi connectivity index (χ0) is 39.8. The molecule has 0 saturated heterocycles. The molecule has 0 radical (unpaired) electrons. The van der Waals surface area contributed by atoms with Crippen molar-refractivity contribution in [2.75, 3.05) is 19.8 Å². The van der Waals surface area contributed by atoms with Gasteiger partial charge in [-0.3, -0.25) is 4.79 Å². The second-order valence-corrected chi connectivity index (χ2v) is 15.8. The summed E-state index contributed by atoms with van der Waals surface area (Å²) in [6.45, 7) is 5.20. The van der Waals surface area contributed by atoms with Crippen molar-refractivity contribution in [1.82, 2.24) is 0 Å². The quantitative estimate of drug-likeness (QED) is 0.0381. The predicted octanol–water partition coefficient (Wildman–Crippen LogP) is 16.0. The first-order valence-electron chi connectivity index (χ1n) is 23.9. The molecule has 1 N–H and O–H groups in total. The van der Waals surface area contributed by atoms with Gasteiger partial charge in [0.25, 0.3) is 0 Å². The molecule has 0 aliphatic carbocycles. The molecule has 0 bridgehead atoms. The Morgan fingerprint density at radius 3 is 1.24 bits per heavy atom. The number of carbonyl (C=O) groups is 1. The third-order valence-corrected chi connectivity index (χ3v) is 10.4. The first-order valence-corrected chi connectivity index (χ1v) is 23.9. The zero-order valence-electron chi connectivity index (χ0n) is 36.7. The van der Waals surface area contributed by atoms with Crippen molar-refractivity contribution in [2.24, 2.45) is 0 Å². The van der Waals surface area contributed by atoms with Gasteiger partial charge in [0, 0.05) is 13.0 Å². The van der Waals surface area contributed by atoms with E-state index in [1.807, 2.05) is 0 Å². The lowest BCUT2D eigenvalue weighted by molar-refractivity contribution is -0.154. The van der Waals surface area contributed by atoms with Crippen LogP contribution in [0.2, 0.25) is 0 Å². The van der Waals surface area contributed by atoms with Crippen LogP contribution < -0.4 is 0 Å². The molecule has 0 fully saturated rings. The number of ether oxygens (including phenoxy) is 2. The fraction of sp³-hybridized carbons (Fsp3) is 0.784. The maximum Gasteiger partial charge on any atom is 0.306 e.